The second-order valence-electron chi connectivity index (χ2n) is 5.57. The van der Waals surface area contributed by atoms with Crippen LogP contribution in [0.4, 0.5) is 10.5 Å². The van der Waals surface area contributed by atoms with E-state index in [-0.39, 0.29) is 30.0 Å². The summed E-state index contributed by atoms with van der Waals surface area (Å²) in [7, 11) is 1.48. The van der Waals surface area contributed by atoms with Gasteiger partial charge in [0.05, 0.1) is 28.7 Å². The quantitative estimate of drug-likeness (QED) is 0.344. The van der Waals surface area contributed by atoms with Gasteiger partial charge in [-0.2, -0.15) is 0 Å². The molecule has 0 aliphatic carbocycles. The molecule has 1 aliphatic rings. The number of hydrogen-bond acceptors (Lipinski definition) is 6. The van der Waals surface area contributed by atoms with E-state index in [0.717, 1.165) is 0 Å². The average Bonchev–Trinajstić information content (AvgIpc) is 2.61. The van der Waals surface area contributed by atoms with Crippen molar-refractivity contribution in [2.75, 3.05) is 26.9 Å². The van der Waals surface area contributed by atoms with E-state index in [9.17, 15) is 19.7 Å². The fraction of sp³-hybridized carbons (Fsp3) is 0.412. The van der Waals surface area contributed by atoms with Crippen LogP contribution in [-0.2, 0) is 14.3 Å². The highest BCUT2D eigenvalue weighted by atomic mass is 16.6. The van der Waals surface area contributed by atoms with Gasteiger partial charge in [0.2, 0.25) is 0 Å². The lowest BCUT2D eigenvalue weighted by atomic mass is 9.93. The Hall–Kier alpha value is -2.94. The molecule has 1 atom stereocenters. The molecule has 0 radical (unpaired) electrons. The number of methoxy groups -OCH3 is 1. The van der Waals surface area contributed by atoms with Gasteiger partial charge in [-0.15, -0.1) is 0 Å². The summed E-state index contributed by atoms with van der Waals surface area (Å²) in [6.07, 6.45) is 0. The van der Waals surface area contributed by atoms with Crippen LogP contribution < -0.4 is 5.32 Å². The Morgan fingerprint density at radius 2 is 2.04 bits per heavy atom. The molecule has 0 bridgehead atoms. The van der Waals surface area contributed by atoms with Crippen LogP contribution in [0, 0.1) is 10.1 Å². The van der Waals surface area contributed by atoms with Crippen LogP contribution in [-0.4, -0.2) is 48.7 Å². The predicted molar refractivity (Wildman–Crippen MR) is 92.3 cm³/mol. The molecule has 9 heteroatoms. The van der Waals surface area contributed by atoms with Crippen molar-refractivity contribution in [3.8, 4) is 0 Å². The minimum Gasteiger partial charge on any atom is -0.460 e. The van der Waals surface area contributed by atoms with E-state index in [2.05, 4.69) is 5.32 Å². The Labute approximate surface area is 150 Å². The summed E-state index contributed by atoms with van der Waals surface area (Å²) in [6.45, 7) is 3.99. The van der Waals surface area contributed by atoms with Crippen molar-refractivity contribution in [1.29, 1.82) is 0 Å². The number of rotatable bonds is 7. The lowest BCUT2D eigenvalue weighted by Crippen LogP contribution is -2.48. The first-order valence-electron chi connectivity index (χ1n) is 8.10. The molecule has 0 fully saturated rings. The molecule has 0 saturated heterocycles. The van der Waals surface area contributed by atoms with Gasteiger partial charge >= 0.3 is 12.0 Å². The molecule has 140 valence electrons. The maximum Gasteiger partial charge on any atom is 0.338 e. The summed E-state index contributed by atoms with van der Waals surface area (Å²) in [5, 5.41) is 14.0. The lowest BCUT2D eigenvalue weighted by Gasteiger charge is -2.34. The van der Waals surface area contributed by atoms with Crippen molar-refractivity contribution in [3.05, 3.63) is 51.2 Å². The zero-order valence-electron chi connectivity index (χ0n) is 14.9. The number of hydrogen-bond donors (Lipinski definition) is 1. The summed E-state index contributed by atoms with van der Waals surface area (Å²) in [6, 6.07) is 4.59. The number of nitro groups is 1. The Balaban J connectivity index is 2.52. The normalized spacial score (nSPS) is 17.1. The highest BCUT2D eigenvalue weighted by molar-refractivity contribution is 5.95. The number of nitrogens with one attached hydrogen (secondary N) is 1. The third kappa shape index (κ3) is 3.83. The van der Waals surface area contributed by atoms with Crippen LogP contribution in [0.25, 0.3) is 0 Å². The number of ether oxygens (including phenoxy) is 2. The highest BCUT2D eigenvalue weighted by Gasteiger charge is 2.38. The van der Waals surface area contributed by atoms with E-state index < -0.39 is 23.0 Å². The number of esters is 1. The summed E-state index contributed by atoms with van der Waals surface area (Å²) >= 11 is 0. The molecule has 1 aromatic rings. The molecule has 1 aromatic carbocycles. The zero-order valence-corrected chi connectivity index (χ0v) is 14.9. The standard InChI is InChI=1S/C17H21N3O6/c1-4-19-11(2)14(16(21)26-10-9-25-3)15(18-17(19)22)12-7-5-6-8-13(12)20(23)24/h5-8,15H,4,9-10H2,1-3H3,(H,18,22)/t15-/m0/s1. The first-order chi connectivity index (χ1) is 12.4. The SMILES string of the molecule is CCN1C(=O)N[C@@H](c2ccccc2[N+](=O)[O-])C(C(=O)OCCOC)=C1C. The van der Waals surface area contributed by atoms with E-state index >= 15 is 0 Å². The fourth-order valence-corrected chi connectivity index (χ4v) is 2.85. The zero-order chi connectivity index (χ0) is 19.3. The van der Waals surface area contributed by atoms with Crippen LogP contribution in [0.3, 0.4) is 0 Å². The van der Waals surface area contributed by atoms with E-state index in [1.54, 1.807) is 19.9 Å². The largest absolute Gasteiger partial charge is 0.460 e. The summed E-state index contributed by atoms with van der Waals surface area (Å²) < 4.78 is 10.1. The molecule has 0 saturated carbocycles. The van der Waals surface area contributed by atoms with E-state index in [4.69, 9.17) is 9.47 Å². The first-order valence-corrected chi connectivity index (χ1v) is 8.10. The lowest BCUT2D eigenvalue weighted by molar-refractivity contribution is -0.385. The number of urea groups is 1. The minimum absolute atomic E-state index is 0.0375. The van der Waals surface area contributed by atoms with Crippen LogP contribution >= 0.6 is 0 Å². The Morgan fingerprint density at radius 1 is 1.35 bits per heavy atom. The molecule has 26 heavy (non-hydrogen) atoms. The highest BCUT2D eigenvalue weighted by Crippen LogP contribution is 2.35. The van der Waals surface area contributed by atoms with Crippen LogP contribution in [0.15, 0.2) is 35.5 Å². The number of amides is 2. The third-order valence-electron chi connectivity index (χ3n) is 4.10. The van der Waals surface area contributed by atoms with Crippen molar-refractivity contribution in [3.63, 3.8) is 0 Å². The van der Waals surface area contributed by atoms with Gasteiger partial charge in [-0.1, -0.05) is 12.1 Å². The maximum absolute atomic E-state index is 12.6. The molecule has 0 unspecified atom stereocenters. The molecule has 2 amide bonds. The van der Waals surface area contributed by atoms with Gasteiger partial charge in [0, 0.05) is 25.4 Å². The molecular weight excluding hydrogens is 342 g/mol. The van der Waals surface area contributed by atoms with Crippen molar-refractivity contribution >= 4 is 17.7 Å². The molecule has 0 spiro atoms. The summed E-state index contributed by atoms with van der Waals surface area (Å²) in [5.74, 6) is -0.652. The first kappa shape index (κ1) is 19.4. The van der Waals surface area contributed by atoms with E-state index in [0.29, 0.717) is 12.2 Å². The Morgan fingerprint density at radius 3 is 2.65 bits per heavy atom. The topological polar surface area (TPSA) is 111 Å². The molecular formula is C17H21N3O6. The van der Waals surface area contributed by atoms with Crippen molar-refractivity contribution in [1.82, 2.24) is 10.2 Å². The number of benzene rings is 1. The fourth-order valence-electron chi connectivity index (χ4n) is 2.85. The van der Waals surface area contributed by atoms with Crippen molar-refractivity contribution in [2.24, 2.45) is 0 Å². The summed E-state index contributed by atoms with van der Waals surface area (Å²) in [4.78, 5) is 37.2. The Kier molecular flexibility index (Phi) is 6.29. The molecule has 1 N–H and O–H groups in total. The van der Waals surface area contributed by atoms with Gasteiger partial charge in [-0.3, -0.25) is 15.0 Å². The second kappa shape index (κ2) is 8.43. The molecule has 1 aliphatic heterocycles. The summed E-state index contributed by atoms with van der Waals surface area (Å²) in [5.41, 5.74) is 0.607. The van der Waals surface area contributed by atoms with Gasteiger partial charge < -0.3 is 14.8 Å². The van der Waals surface area contributed by atoms with Gasteiger partial charge in [0.25, 0.3) is 5.69 Å². The maximum atomic E-state index is 12.6. The van der Waals surface area contributed by atoms with Gasteiger partial charge in [-0.25, -0.2) is 9.59 Å². The smallest absolute Gasteiger partial charge is 0.338 e. The molecule has 0 aromatic heterocycles. The van der Waals surface area contributed by atoms with Crippen LogP contribution in [0.2, 0.25) is 0 Å². The molecule has 1 heterocycles. The molecule has 2 rings (SSSR count). The number of carbonyl (C=O) groups excluding carboxylic acids is 2. The third-order valence-corrected chi connectivity index (χ3v) is 4.10. The monoisotopic (exact) mass is 363 g/mol. The van der Waals surface area contributed by atoms with E-state index in [1.807, 2.05) is 0 Å². The van der Waals surface area contributed by atoms with Gasteiger partial charge in [0.15, 0.2) is 0 Å². The minimum atomic E-state index is -0.970. The molecule has 9 nitrogen and oxygen atoms in total. The number of allylic oxidation sites excluding steroid dienone is 1. The number of nitro benzene ring substituents is 1. The van der Waals surface area contributed by atoms with Gasteiger partial charge in [-0.05, 0) is 19.9 Å². The van der Waals surface area contributed by atoms with Crippen LogP contribution in [0.5, 0.6) is 0 Å². The van der Waals surface area contributed by atoms with E-state index in [1.165, 1.54) is 30.2 Å². The number of carbonyl (C=O) groups is 2. The predicted octanol–water partition coefficient (Wildman–Crippen LogP) is 2.14. The Bertz CT molecular complexity index is 746. The number of para-hydroxylation sites is 1. The van der Waals surface area contributed by atoms with Crippen LogP contribution in [0.1, 0.15) is 25.5 Å². The van der Waals surface area contributed by atoms with Crippen molar-refractivity contribution < 1.29 is 24.0 Å². The van der Waals surface area contributed by atoms with Crippen molar-refractivity contribution in [2.45, 2.75) is 19.9 Å². The van der Waals surface area contributed by atoms with Gasteiger partial charge in [0.1, 0.15) is 6.61 Å². The second-order valence-corrected chi connectivity index (χ2v) is 5.57. The number of nitrogens with zero attached hydrogens (tertiary/aromatic N) is 2. The average molecular weight is 363 g/mol.